The molecule has 10 nitrogen and oxygen atoms in total. The predicted molar refractivity (Wildman–Crippen MR) is 184 cm³/mol. The quantitative estimate of drug-likeness (QED) is 0.125. The first-order valence-electron chi connectivity index (χ1n) is 16.2. The van der Waals surface area contributed by atoms with Gasteiger partial charge in [0, 0.05) is 54.1 Å². The molecule has 6 aromatic rings. The van der Waals surface area contributed by atoms with E-state index >= 15 is 0 Å². The lowest BCUT2D eigenvalue weighted by Gasteiger charge is -2.20. The van der Waals surface area contributed by atoms with Gasteiger partial charge in [-0.25, -0.2) is 9.37 Å². The lowest BCUT2D eigenvalue weighted by molar-refractivity contribution is -0.117. The molecular weight excluding hydrogens is 593 g/mol. The average Bonchev–Trinajstić information content (AvgIpc) is 3.69. The van der Waals surface area contributed by atoms with Crippen molar-refractivity contribution in [2.75, 3.05) is 37.8 Å². The zero-order chi connectivity index (χ0) is 32.3. The van der Waals surface area contributed by atoms with Gasteiger partial charge in [0.05, 0.1) is 40.5 Å². The van der Waals surface area contributed by atoms with Crippen LogP contribution in [0.15, 0.2) is 67.3 Å². The summed E-state index contributed by atoms with van der Waals surface area (Å²) in [5.74, 6) is 0.167. The van der Waals surface area contributed by atoms with Gasteiger partial charge in [-0.15, -0.1) is 0 Å². The highest BCUT2D eigenvalue weighted by Crippen LogP contribution is 2.35. The molecule has 0 saturated heterocycles. The van der Waals surface area contributed by atoms with Gasteiger partial charge >= 0.3 is 0 Å². The van der Waals surface area contributed by atoms with Crippen LogP contribution in [0.5, 0.6) is 0 Å². The summed E-state index contributed by atoms with van der Waals surface area (Å²) in [7, 11) is 4.01. The molecule has 0 bridgehead atoms. The maximum absolute atomic E-state index is 14.7. The van der Waals surface area contributed by atoms with Crippen LogP contribution < -0.4 is 10.6 Å². The molecule has 5 aromatic heterocycles. The summed E-state index contributed by atoms with van der Waals surface area (Å²) in [5.41, 5.74) is 8.09. The normalized spacial score (nSPS) is 13.9. The van der Waals surface area contributed by atoms with Crippen molar-refractivity contribution in [1.29, 1.82) is 0 Å². The number of carbonyl (C=O) groups excluding carboxylic acids is 1. The van der Waals surface area contributed by atoms with Crippen molar-refractivity contribution in [2.24, 2.45) is 5.92 Å². The molecule has 7 rings (SSSR count). The Morgan fingerprint density at radius 2 is 1.77 bits per heavy atom. The number of aromatic nitrogens is 6. The van der Waals surface area contributed by atoms with E-state index in [0.717, 1.165) is 58.2 Å². The second-order valence-electron chi connectivity index (χ2n) is 12.7. The molecular formula is C36H38FN9O. The van der Waals surface area contributed by atoms with E-state index < -0.39 is 0 Å². The van der Waals surface area contributed by atoms with Crippen molar-refractivity contribution in [3.05, 3.63) is 73.1 Å². The van der Waals surface area contributed by atoms with Crippen molar-refractivity contribution in [2.45, 2.75) is 38.5 Å². The molecule has 1 amide bonds. The molecule has 4 N–H and O–H groups in total. The highest BCUT2D eigenvalue weighted by atomic mass is 19.1. The number of fused-ring (bicyclic) bond motifs is 2. The number of benzene rings is 1. The fourth-order valence-electron chi connectivity index (χ4n) is 6.44. The number of H-pyrrole nitrogens is 2. The first-order valence-corrected chi connectivity index (χ1v) is 16.2. The van der Waals surface area contributed by atoms with Gasteiger partial charge in [0.2, 0.25) is 5.91 Å². The molecule has 0 unspecified atom stereocenters. The Labute approximate surface area is 272 Å². The molecule has 1 aliphatic rings. The van der Waals surface area contributed by atoms with Crippen LogP contribution >= 0.6 is 0 Å². The zero-order valence-electron chi connectivity index (χ0n) is 26.6. The van der Waals surface area contributed by atoms with Crippen molar-refractivity contribution in [3.63, 3.8) is 0 Å². The number of amides is 1. The van der Waals surface area contributed by atoms with Gasteiger partial charge < -0.3 is 20.5 Å². The molecule has 0 spiro atoms. The number of hydrogen-bond donors (Lipinski definition) is 4. The monoisotopic (exact) mass is 631 g/mol. The van der Waals surface area contributed by atoms with Gasteiger partial charge in [-0.05, 0) is 80.9 Å². The van der Waals surface area contributed by atoms with Crippen molar-refractivity contribution in [1.82, 2.24) is 35.0 Å². The van der Waals surface area contributed by atoms with Crippen LogP contribution in [0.25, 0.3) is 55.7 Å². The Balaban J connectivity index is 1.16. The van der Waals surface area contributed by atoms with Crippen molar-refractivity contribution < 1.29 is 9.18 Å². The molecule has 0 aliphatic heterocycles. The summed E-state index contributed by atoms with van der Waals surface area (Å²) in [6.07, 6.45) is 13.4. The molecule has 5 heterocycles. The van der Waals surface area contributed by atoms with Gasteiger partial charge in [0.1, 0.15) is 17.0 Å². The van der Waals surface area contributed by atoms with Gasteiger partial charge in [-0.1, -0.05) is 19.3 Å². The second-order valence-corrected chi connectivity index (χ2v) is 12.7. The molecule has 1 saturated carbocycles. The number of nitrogens with zero attached hydrogens (tertiary/aromatic N) is 5. The van der Waals surface area contributed by atoms with Crippen LogP contribution in [0.2, 0.25) is 0 Å². The molecule has 0 atom stereocenters. The molecule has 240 valence electrons. The summed E-state index contributed by atoms with van der Waals surface area (Å²) in [6, 6.07) is 12.7. The fourth-order valence-corrected chi connectivity index (χ4v) is 6.44. The number of anilines is 2. The topological polar surface area (TPSA) is 128 Å². The highest BCUT2D eigenvalue weighted by molar-refractivity contribution is 6.00. The minimum Gasteiger partial charge on any atom is -0.384 e. The van der Waals surface area contributed by atoms with E-state index in [1.54, 1.807) is 24.8 Å². The predicted octanol–water partition coefficient (Wildman–Crippen LogP) is 7.25. The summed E-state index contributed by atoms with van der Waals surface area (Å²) < 4.78 is 14.7. The van der Waals surface area contributed by atoms with Gasteiger partial charge in [0.15, 0.2) is 0 Å². The Bertz CT molecular complexity index is 2040. The van der Waals surface area contributed by atoms with E-state index in [1.165, 1.54) is 31.4 Å². The summed E-state index contributed by atoms with van der Waals surface area (Å²) in [6.45, 7) is 1.53. The molecule has 11 heteroatoms. The lowest BCUT2D eigenvalue weighted by Crippen LogP contribution is -2.20. The maximum atomic E-state index is 14.7. The van der Waals surface area contributed by atoms with Crippen LogP contribution in [-0.4, -0.2) is 68.1 Å². The number of nitrogens with one attached hydrogen (secondary N) is 4. The number of likely N-dealkylation sites (N-methyl/N-ethyl adjacent to an activating group) is 1. The SMILES string of the molecule is CN(C)CCNc1cc(F)cc(-c2cncc3[nH]c(-c4n[nH]c5ccc(-c6cncc(NC(=O)CC7CCCCC7)c6)nc45)cc23)c1. The Morgan fingerprint density at radius 1 is 0.936 bits per heavy atom. The van der Waals surface area contributed by atoms with Crippen LogP contribution in [0, 0.1) is 11.7 Å². The van der Waals surface area contributed by atoms with Crippen LogP contribution in [0.4, 0.5) is 15.8 Å². The number of rotatable bonds is 10. The number of halogens is 1. The van der Waals surface area contributed by atoms with Gasteiger partial charge in [-0.2, -0.15) is 5.10 Å². The van der Waals surface area contributed by atoms with E-state index in [-0.39, 0.29) is 11.7 Å². The third-order valence-corrected chi connectivity index (χ3v) is 8.82. The van der Waals surface area contributed by atoms with Crippen LogP contribution in [-0.2, 0) is 4.79 Å². The van der Waals surface area contributed by atoms with Crippen molar-refractivity contribution >= 4 is 39.2 Å². The average molecular weight is 632 g/mol. The van der Waals surface area contributed by atoms with E-state index in [0.29, 0.717) is 47.2 Å². The highest BCUT2D eigenvalue weighted by Gasteiger charge is 2.19. The van der Waals surface area contributed by atoms with Crippen LogP contribution in [0.3, 0.4) is 0 Å². The minimum absolute atomic E-state index is 0.0270. The molecule has 1 fully saturated rings. The van der Waals surface area contributed by atoms with Gasteiger partial charge in [0.25, 0.3) is 0 Å². The molecule has 0 radical (unpaired) electrons. The number of aromatic amines is 2. The Hall–Kier alpha value is -5.16. The van der Waals surface area contributed by atoms with E-state index in [9.17, 15) is 9.18 Å². The standard InChI is InChI=1S/C36H38FN9O/c1-46(2)11-10-40-26-14-23(13-25(37)16-26)29-20-39-21-33-28(29)17-32(42-33)36-35-31(44-45-36)9-8-30(43-35)24-15-27(19-38-18-24)41-34(47)12-22-6-4-3-5-7-22/h8-9,13-22,40,42H,3-7,10-12H2,1-2H3,(H,41,47)(H,44,45). The Kier molecular flexibility index (Phi) is 8.62. The minimum atomic E-state index is -0.319. The Morgan fingerprint density at radius 3 is 2.62 bits per heavy atom. The number of pyridine rings is 3. The fraction of sp³-hybridized carbons (Fsp3) is 0.306. The van der Waals surface area contributed by atoms with Crippen molar-refractivity contribution in [3.8, 4) is 33.8 Å². The first-order chi connectivity index (χ1) is 22.9. The summed E-state index contributed by atoms with van der Waals surface area (Å²) in [4.78, 5) is 32.1. The third-order valence-electron chi connectivity index (χ3n) is 8.82. The first kappa shape index (κ1) is 30.5. The van der Waals surface area contributed by atoms with E-state index in [4.69, 9.17) is 4.98 Å². The lowest BCUT2D eigenvalue weighted by atomic mass is 9.87. The van der Waals surface area contributed by atoms with Gasteiger partial charge in [-0.3, -0.25) is 19.9 Å². The van der Waals surface area contributed by atoms with E-state index in [2.05, 4.69) is 40.7 Å². The smallest absolute Gasteiger partial charge is 0.224 e. The van der Waals surface area contributed by atoms with E-state index in [1.807, 2.05) is 44.4 Å². The molecule has 1 aromatic carbocycles. The largest absolute Gasteiger partial charge is 0.384 e. The summed E-state index contributed by atoms with van der Waals surface area (Å²) >= 11 is 0. The molecule has 1 aliphatic carbocycles. The van der Waals surface area contributed by atoms with Crippen LogP contribution in [0.1, 0.15) is 38.5 Å². The zero-order valence-corrected chi connectivity index (χ0v) is 26.6. The number of hydrogen-bond acceptors (Lipinski definition) is 7. The molecule has 47 heavy (non-hydrogen) atoms. The summed E-state index contributed by atoms with van der Waals surface area (Å²) in [5, 5.41) is 14.9. The second kappa shape index (κ2) is 13.3. The maximum Gasteiger partial charge on any atom is 0.224 e. The number of carbonyl (C=O) groups is 1. The third kappa shape index (κ3) is 6.85.